The van der Waals surface area contributed by atoms with Gasteiger partial charge in [-0.2, -0.15) is 0 Å². The van der Waals surface area contributed by atoms with Crippen LogP contribution in [0.5, 0.6) is 0 Å². The SMILES string of the molecule is Cc1noc(C)c1CN(C)C(=O)[C@@H]1[C@@H]2C=C[C@@]3(CN(Cc4cccnc4)C(=O)[C@H]13)O2. The van der Waals surface area contributed by atoms with E-state index in [-0.39, 0.29) is 17.9 Å². The number of fused-ring (bicyclic) bond motifs is 1. The zero-order chi connectivity index (χ0) is 21.0. The first kappa shape index (κ1) is 19.0. The summed E-state index contributed by atoms with van der Waals surface area (Å²) in [5.74, 6) is -0.439. The van der Waals surface area contributed by atoms with Gasteiger partial charge in [-0.15, -0.1) is 0 Å². The van der Waals surface area contributed by atoms with Crippen LogP contribution in [0.1, 0.15) is 22.6 Å². The van der Waals surface area contributed by atoms with Crippen molar-refractivity contribution in [2.45, 2.75) is 38.6 Å². The molecule has 0 unspecified atom stereocenters. The van der Waals surface area contributed by atoms with E-state index in [0.717, 1.165) is 16.8 Å². The Kier molecular flexibility index (Phi) is 4.28. The van der Waals surface area contributed by atoms with E-state index in [9.17, 15) is 9.59 Å². The highest BCUT2D eigenvalue weighted by atomic mass is 16.5. The van der Waals surface area contributed by atoms with Gasteiger partial charge in [0.1, 0.15) is 11.4 Å². The number of aromatic nitrogens is 2. The van der Waals surface area contributed by atoms with Crippen molar-refractivity contribution in [3.05, 3.63) is 59.3 Å². The Morgan fingerprint density at radius 3 is 2.93 bits per heavy atom. The Balaban J connectivity index is 1.37. The number of pyridine rings is 1. The summed E-state index contributed by atoms with van der Waals surface area (Å²) in [5.41, 5.74) is 1.91. The predicted octanol–water partition coefficient (Wildman–Crippen LogP) is 1.63. The molecule has 0 N–H and O–H groups in total. The van der Waals surface area contributed by atoms with Crippen LogP contribution < -0.4 is 0 Å². The maximum atomic E-state index is 13.4. The average molecular weight is 408 g/mol. The number of hydrogen-bond acceptors (Lipinski definition) is 6. The van der Waals surface area contributed by atoms with Crippen LogP contribution in [0.3, 0.4) is 0 Å². The lowest BCUT2D eigenvalue weighted by atomic mass is 9.76. The van der Waals surface area contributed by atoms with Crippen LogP contribution in [-0.4, -0.2) is 57.1 Å². The third kappa shape index (κ3) is 2.78. The van der Waals surface area contributed by atoms with Crippen molar-refractivity contribution in [3.63, 3.8) is 0 Å². The Morgan fingerprint density at radius 1 is 1.40 bits per heavy atom. The van der Waals surface area contributed by atoms with Gasteiger partial charge in [-0.1, -0.05) is 23.4 Å². The van der Waals surface area contributed by atoms with E-state index >= 15 is 0 Å². The number of likely N-dealkylation sites (tertiary alicyclic amines) is 1. The number of aryl methyl sites for hydroxylation is 2. The summed E-state index contributed by atoms with van der Waals surface area (Å²) in [6.07, 6.45) is 7.01. The van der Waals surface area contributed by atoms with Gasteiger partial charge in [-0.05, 0) is 25.5 Å². The Hall–Kier alpha value is -3.00. The molecule has 0 saturated carbocycles. The summed E-state index contributed by atoms with van der Waals surface area (Å²) in [6.45, 7) is 5.00. The van der Waals surface area contributed by atoms with E-state index in [0.29, 0.717) is 25.4 Å². The van der Waals surface area contributed by atoms with Crippen LogP contribution in [0.2, 0.25) is 0 Å². The quantitative estimate of drug-likeness (QED) is 0.699. The fourth-order valence-corrected chi connectivity index (χ4v) is 5.00. The highest BCUT2D eigenvalue weighted by Crippen LogP contribution is 2.52. The Bertz CT molecular complexity index is 1010. The summed E-state index contributed by atoms with van der Waals surface area (Å²) < 4.78 is 11.4. The molecular weight excluding hydrogens is 384 g/mol. The third-order valence-electron chi connectivity index (χ3n) is 6.51. The fourth-order valence-electron chi connectivity index (χ4n) is 5.00. The fraction of sp³-hybridized carbons (Fsp3) is 0.455. The van der Waals surface area contributed by atoms with Gasteiger partial charge in [0.15, 0.2) is 0 Å². The molecule has 2 fully saturated rings. The molecule has 4 atom stereocenters. The van der Waals surface area contributed by atoms with Gasteiger partial charge in [-0.25, -0.2) is 0 Å². The molecule has 30 heavy (non-hydrogen) atoms. The second-order valence-electron chi connectivity index (χ2n) is 8.45. The molecule has 3 aliphatic heterocycles. The lowest BCUT2D eigenvalue weighted by molar-refractivity contribution is -0.142. The number of nitrogens with zero attached hydrogens (tertiary/aromatic N) is 4. The second-order valence-corrected chi connectivity index (χ2v) is 8.45. The zero-order valence-electron chi connectivity index (χ0n) is 17.2. The van der Waals surface area contributed by atoms with Crippen molar-refractivity contribution in [3.8, 4) is 0 Å². The molecule has 5 heterocycles. The van der Waals surface area contributed by atoms with Crippen molar-refractivity contribution in [2.75, 3.05) is 13.6 Å². The molecule has 0 aliphatic carbocycles. The number of rotatable bonds is 5. The van der Waals surface area contributed by atoms with Crippen molar-refractivity contribution < 1.29 is 18.8 Å². The van der Waals surface area contributed by atoms with Gasteiger partial charge in [0.25, 0.3) is 0 Å². The largest absolute Gasteiger partial charge is 0.361 e. The summed E-state index contributed by atoms with van der Waals surface area (Å²) in [7, 11) is 1.75. The molecule has 2 amide bonds. The first-order chi connectivity index (χ1) is 14.4. The average Bonchev–Trinajstić information content (AvgIpc) is 3.45. The van der Waals surface area contributed by atoms with E-state index in [2.05, 4.69) is 10.1 Å². The van der Waals surface area contributed by atoms with E-state index in [4.69, 9.17) is 9.26 Å². The van der Waals surface area contributed by atoms with E-state index in [1.807, 2.05) is 38.1 Å². The van der Waals surface area contributed by atoms with Crippen molar-refractivity contribution in [1.29, 1.82) is 0 Å². The molecule has 0 radical (unpaired) electrons. The van der Waals surface area contributed by atoms with Crippen molar-refractivity contribution in [2.24, 2.45) is 11.8 Å². The maximum absolute atomic E-state index is 13.4. The summed E-state index contributed by atoms with van der Waals surface area (Å²) in [5, 5.41) is 3.96. The van der Waals surface area contributed by atoms with Crippen LogP contribution in [0.15, 0.2) is 41.2 Å². The summed E-state index contributed by atoms with van der Waals surface area (Å²) >= 11 is 0. The monoisotopic (exact) mass is 408 g/mol. The lowest BCUT2D eigenvalue weighted by Gasteiger charge is -2.27. The summed E-state index contributed by atoms with van der Waals surface area (Å²) in [4.78, 5) is 34.3. The van der Waals surface area contributed by atoms with Gasteiger partial charge in [0.05, 0.1) is 36.7 Å². The number of amides is 2. The number of carbonyl (C=O) groups is 2. The van der Waals surface area contributed by atoms with Crippen LogP contribution in [0, 0.1) is 25.7 Å². The molecule has 156 valence electrons. The van der Waals surface area contributed by atoms with Gasteiger partial charge < -0.3 is 19.1 Å². The number of carbonyl (C=O) groups excluding carboxylic acids is 2. The third-order valence-corrected chi connectivity index (χ3v) is 6.51. The van der Waals surface area contributed by atoms with Gasteiger partial charge in [0, 0.05) is 31.5 Å². The van der Waals surface area contributed by atoms with Crippen LogP contribution in [0.4, 0.5) is 0 Å². The first-order valence-electron chi connectivity index (χ1n) is 10.1. The van der Waals surface area contributed by atoms with E-state index < -0.39 is 17.4 Å². The maximum Gasteiger partial charge on any atom is 0.230 e. The van der Waals surface area contributed by atoms with Crippen LogP contribution in [-0.2, 0) is 27.4 Å². The molecule has 2 saturated heterocycles. The normalized spacial score (nSPS) is 29.0. The van der Waals surface area contributed by atoms with Crippen LogP contribution in [0.25, 0.3) is 0 Å². The number of ether oxygens (including phenoxy) is 1. The zero-order valence-corrected chi connectivity index (χ0v) is 17.2. The summed E-state index contributed by atoms with van der Waals surface area (Å²) in [6, 6.07) is 3.80. The Labute approximate surface area is 174 Å². The second kappa shape index (κ2) is 6.77. The first-order valence-corrected chi connectivity index (χ1v) is 10.1. The molecule has 8 heteroatoms. The topological polar surface area (TPSA) is 88.8 Å². The minimum Gasteiger partial charge on any atom is -0.361 e. The van der Waals surface area contributed by atoms with Gasteiger partial charge in [-0.3, -0.25) is 14.6 Å². The van der Waals surface area contributed by atoms with Gasteiger partial charge in [0.2, 0.25) is 11.8 Å². The lowest BCUT2D eigenvalue weighted by Crippen LogP contribution is -2.44. The highest BCUT2D eigenvalue weighted by molar-refractivity contribution is 5.93. The van der Waals surface area contributed by atoms with Gasteiger partial charge >= 0.3 is 0 Å². The smallest absolute Gasteiger partial charge is 0.230 e. The van der Waals surface area contributed by atoms with E-state index in [1.54, 1.807) is 29.2 Å². The number of hydrogen-bond donors (Lipinski definition) is 0. The molecule has 3 aliphatic rings. The standard InChI is InChI=1S/C22H24N4O4/c1-13-16(14(2)30-24-13)11-25(3)20(27)18-17-6-7-22(29-17)12-26(21(28)19(18)22)10-15-5-4-8-23-9-15/h4-9,17-19H,10-12H2,1-3H3/t17-,18+,19-,22-/m0/s1. The molecule has 1 spiro atoms. The highest BCUT2D eigenvalue weighted by Gasteiger charge is 2.67. The molecule has 2 bridgehead atoms. The Morgan fingerprint density at radius 2 is 2.23 bits per heavy atom. The van der Waals surface area contributed by atoms with Crippen LogP contribution >= 0.6 is 0 Å². The van der Waals surface area contributed by atoms with E-state index in [1.165, 1.54) is 0 Å². The minimum absolute atomic E-state index is 0.0326. The molecule has 8 nitrogen and oxygen atoms in total. The van der Waals surface area contributed by atoms with Crippen molar-refractivity contribution >= 4 is 11.8 Å². The molecule has 0 aromatic carbocycles. The molecular formula is C22H24N4O4. The molecule has 5 rings (SSSR count). The molecule has 2 aromatic heterocycles. The van der Waals surface area contributed by atoms with Crippen molar-refractivity contribution in [1.82, 2.24) is 19.9 Å². The molecule has 2 aromatic rings. The predicted molar refractivity (Wildman–Crippen MR) is 106 cm³/mol. The minimum atomic E-state index is -0.714.